The Morgan fingerprint density at radius 3 is 2.52 bits per heavy atom. The van der Waals surface area contributed by atoms with E-state index < -0.39 is 26.6 Å². The second kappa shape index (κ2) is 5.58. The SMILES string of the molecule is Cc1ccc(C(=O)Nc2ccc(S(N)(=O)=O)c(F)c2)cn1. The molecule has 2 rings (SSSR count). The summed E-state index contributed by atoms with van der Waals surface area (Å²) in [4.78, 5) is 15.2. The van der Waals surface area contributed by atoms with Crippen molar-refractivity contribution in [2.45, 2.75) is 11.8 Å². The number of rotatable bonds is 3. The first-order valence-corrected chi connectivity index (χ1v) is 7.38. The maximum absolute atomic E-state index is 13.6. The van der Waals surface area contributed by atoms with E-state index in [9.17, 15) is 17.6 Å². The van der Waals surface area contributed by atoms with E-state index in [1.807, 2.05) is 0 Å². The van der Waals surface area contributed by atoms with Crippen molar-refractivity contribution in [3.05, 3.63) is 53.6 Å². The molecular formula is C13H12FN3O3S. The number of halogens is 1. The first-order chi connectivity index (χ1) is 9.77. The lowest BCUT2D eigenvalue weighted by molar-refractivity contribution is 0.102. The summed E-state index contributed by atoms with van der Waals surface area (Å²) in [5.74, 6) is -1.51. The van der Waals surface area contributed by atoms with E-state index in [1.54, 1.807) is 19.1 Å². The van der Waals surface area contributed by atoms with Crippen molar-refractivity contribution in [2.24, 2.45) is 5.14 Å². The number of hydrogen-bond donors (Lipinski definition) is 2. The number of nitrogens with zero attached hydrogens (tertiary/aromatic N) is 1. The maximum Gasteiger partial charge on any atom is 0.257 e. The Hall–Kier alpha value is -2.32. The molecule has 1 aromatic heterocycles. The van der Waals surface area contributed by atoms with E-state index in [-0.39, 0.29) is 5.69 Å². The quantitative estimate of drug-likeness (QED) is 0.895. The fourth-order valence-corrected chi connectivity index (χ4v) is 2.20. The van der Waals surface area contributed by atoms with Crippen molar-refractivity contribution < 1.29 is 17.6 Å². The zero-order valence-corrected chi connectivity index (χ0v) is 11.8. The number of anilines is 1. The van der Waals surface area contributed by atoms with E-state index >= 15 is 0 Å². The monoisotopic (exact) mass is 309 g/mol. The van der Waals surface area contributed by atoms with E-state index in [0.29, 0.717) is 5.56 Å². The second-order valence-corrected chi connectivity index (χ2v) is 5.86. The lowest BCUT2D eigenvalue weighted by Gasteiger charge is -2.07. The average Bonchev–Trinajstić information content (AvgIpc) is 2.37. The van der Waals surface area contributed by atoms with Crippen LogP contribution in [0.4, 0.5) is 10.1 Å². The number of carbonyl (C=O) groups excluding carboxylic acids is 1. The smallest absolute Gasteiger partial charge is 0.257 e. The van der Waals surface area contributed by atoms with Crippen LogP contribution in [0.5, 0.6) is 0 Å². The molecule has 0 atom stereocenters. The van der Waals surface area contributed by atoms with E-state index in [1.165, 1.54) is 12.3 Å². The third-order valence-corrected chi connectivity index (χ3v) is 3.61. The molecule has 0 bridgehead atoms. The maximum atomic E-state index is 13.6. The van der Waals surface area contributed by atoms with Crippen LogP contribution in [-0.2, 0) is 10.0 Å². The second-order valence-electron chi connectivity index (χ2n) is 4.33. The number of hydrogen-bond acceptors (Lipinski definition) is 4. The molecule has 1 amide bonds. The van der Waals surface area contributed by atoms with Gasteiger partial charge in [-0.1, -0.05) is 0 Å². The molecule has 0 fully saturated rings. The number of amides is 1. The number of primary sulfonamides is 1. The van der Waals surface area contributed by atoms with Gasteiger partial charge in [-0.2, -0.15) is 0 Å². The highest BCUT2D eigenvalue weighted by molar-refractivity contribution is 7.89. The molecule has 0 saturated heterocycles. The Bertz CT molecular complexity index is 789. The molecule has 0 saturated carbocycles. The number of aromatic nitrogens is 1. The van der Waals surface area contributed by atoms with Crippen LogP contribution in [0.1, 0.15) is 16.1 Å². The molecule has 1 aromatic carbocycles. The third kappa shape index (κ3) is 3.61. The lowest BCUT2D eigenvalue weighted by Crippen LogP contribution is -2.15. The van der Waals surface area contributed by atoms with Gasteiger partial charge in [-0.25, -0.2) is 17.9 Å². The van der Waals surface area contributed by atoms with Gasteiger partial charge in [0.25, 0.3) is 5.91 Å². The molecular weight excluding hydrogens is 297 g/mol. The fraction of sp³-hybridized carbons (Fsp3) is 0.0769. The zero-order valence-electron chi connectivity index (χ0n) is 11.0. The minimum Gasteiger partial charge on any atom is -0.322 e. The Morgan fingerprint density at radius 1 is 1.29 bits per heavy atom. The summed E-state index contributed by atoms with van der Waals surface area (Å²) < 4.78 is 35.8. The first-order valence-electron chi connectivity index (χ1n) is 5.84. The minimum absolute atomic E-state index is 0.116. The Kier molecular flexibility index (Phi) is 4.01. The van der Waals surface area contributed by atoms with Crippen molar-refractivity contribution in [1.29, 1.82) is 0 Å². The molecule has 110 valence electrons. The standard InChI is InChI=1S/C13H12FN3O3S/c1-8-2-3-9(7-16-8)13(18)17-10-4-5-12(11(14)6-10)21(15,19)20/h2-7H,1H3,(H,17,18)(H2,15,19,20). The van der Waals surface area contributed by atoms with Crippen LogP contribution in [0.25, 0.3) is 0 Å². The van der Waals surface area contributed by atoms with Gasteiger partial charge in [-0.15, -0.1) is 0 Å². The zero-order chi connectivity index (χ0) is 15.6. The van der Waals surface area contributed by atoms with Crippen LogP contribution in [0.3, 0.4) is 0 Å². The van der Waals surface area contributed by atoms with Crippen LogP contribution in [0.2, 0.25) is 0 Å². The Labute approximate surface area is 120 Å². The average molecular weight is 309 g/mol. The van der Waals surface area contributed by atoms with Gasteiger partial charge in [0.05, 0.1) is 5.56 Å². The molecule has 6 nitrogen and oxygen atoms in total. The number of benzene rings is 1. The van der Waals surface area contributed by atoms with Crippen molar-refractivity contribution in [1.82, 2.24) is 4.98 Å². The van der Waals surface area contributed by atoms with Crippen LogP contribution < -0.4 is 10.5 Å². The summed E-state index contributed by atoms with van der Waals surface area (Å²) in [5.41, 5.74) is 1.18. The highest BCUT2D eigenvalue weighted by Gasteiger charge is 2.15. The third-order valence-electron chi connectivity index (χ3n) is 2.67. The summed E-state index contributed by atoms with van der Waals surface area (Å²) in [6, 6.07) is 6.38. The minimum atomic E-state index is -4.13. The molecule has 0 radical (unpaired) electrons. The Balaban J connectivity index is 2.22. The molecule has 0 aliphatic rings. The molecule has 21 heavy (non-hydrogen) atoms. The van der Waals surface area contributed by atoms with Crippen molar-refractivity contribution in [3.63, 3.8) is 0 Å². The van der Waals surface area contributed by atoms with Crippen molar-refractivity contribution in [2.75, 3.05) is 5.32 Å². The summed E-state index contributed by atoms with van der Waals surface area (Å²) in [6.45, 7) is 1.78. The van der Waals surface area contributed by atoms with Gasteiger partial charge >= 0.3 is 0 Å². The topological polar surface area (TPSA) is 102 Å². The van der Waals surface area contributed by atoms with E-state index in [0.717, 1.165) is 17.8 Å². The van der Waals surface area contributed by atoms with Gasteiger partial charge < -0.3 is 5.32 Å². The lowest BCUT2D eigenvalue weighted by atomic mass is 10.2. The van der Waals surface area contributed by atoms with Gasteiger partial charge in [0, 0.05) is 17.6 Å². The number of aryl methyl sites for hydroxylation is 1. The van der Waals surface area contributed by atoms with Gasteiger partial charge in [0.15, 0.2) is 0 Å². The number of carbonyl (C=O) groups is 1. The molecule has 3 N–H and O–H groups in total. The van der Waals surface area contributed by atoms with Crippen LogP contribution >= 0.6 is 0 Å². The highest BCUT2D eigenvalue weighted by Crippen LogP contribution is 2.18. The predicted molar refractivity (Wildman–Crippen MR) is 74.7 cm³/mol. The van der Waals surface area contributed by atoms with Crippen molar-refractivity contribution in [3.8, 4) is 0 Å². The molecule has 0 spiro atoms. The fourth-order valence-electron chi connectivity index (χ4n) is 1.61. The molecule has 0 aliphatic heterocycles. The number of nitrogens with two attached hydrogens (primary N) is 1. The first kappa shape index (κ1) is 15.1. The van der Waals surface area contributed by atoms with Crippen molar-refractivity contribution >= 4 is 21.6 Å². The van der Waals surface area contributed by atoms with Crippen LogP contribution in [0.15, 0.2) is 41.4 Å². The number of nitrogens with one attached hydrogen (secondary N) is 1. The van der Waals surface area contributed by atoms with E-state index in [2.05, 4.69) is 10.3 Å². The van der Waals surface area contributed by atoms with Crippen LogP contribution in [0, 0.1) is 12.7 Å². The van der Waals surface area contributed by atoms with Gasteiger partial charge in [-0.05, 0) is 37.3 Å². The van der Waals surface area contributed by atoms with Gasteiger partial charge in [-0.3, -0.25) is 9.78 Å². The van der Waals surface area contributed by atoms with E-state index in [4.69, 9.17) is 5.14 Å². The number of sulfonamides is 1. The predicted octanol–water partition coefficient (Wildman–Crippen LogP) is 1.43. The summed E-state index contributed by atoms with van der Waals surface area (Å²) in [7, 11) is -4.13. The largest absolute Gasteiger partial charge is 0.322 e. The summed E-state index contributed by atoms with van der Waals surface area (Å²) >= 11 is 0. The summed E-state index contributed by atoms with van der Waals surface area (Å²) in [5, 5.41) is 7.29. The summed E-state index contributed by atoms with van der Waals surface area (Å²) in [6.07, 6.45) is 1.39. The molecule has 8 heteroatoms. The molecule has 0 aliphatic carbocycles. The molecule has 0 unspecified atom stereocenters. The van der Waals surface area contributed by atoms with Crippen LogP contribution in [-0.4, -0.2) is 19.3 Å². The highest BCUT2D eigenvalue weighted by atomic mass is 32.2. The molecule has 2 aromatic rings. The van der Waals surface area contributed by atoms with Gasteiger partial charge in [0.2, 0.25) is 10.0 Å². The molecule has 1 heterocycles. The normalized spacial score (nSPS) is 11.2. The van der Waals surface area contributed by atoms with Gasteiger partial charge in [0.1, 0.15) is 10.7 Å². The number of pyridine rings is 1. The Morgan fingerprint density at radius 2 is 2.00 bits per heavy atom.